The number of hydrogen-bond donors (Lipinski definition) is 1. The second-order valence-electron chi connectivity index (χ2n) is 8.11. The summed E-state index contributed by atoms with van der Waals surface area (Å²) in [6.07, 6.45) is 1.93. The van der Waals surface area contributed by atoms with Crippen molar-refractivity contribution in [1.29, 1.82) is 0 Å². The molecule has 33 heavy (non-hydrogen) atoms. The number of ether oxygens (including phenoxy) is 1. The lowest BCUT2D eigenvalue weighted by Crippen LogP contribution is -2.48. The number of benzene rings is 2. The molecule has 3 aromatic rings. The minimum atomic E-state index is -0.464. The van der Waals surface area contributed by atoms with Crippen LogP contribution < -0.4 is 5.32 Å². The molecule has 2 aromatic carbocycles. The van der Waals surface area contributed by atoms with Crippen LogP contribution in [0.5, 0.6) is 0 Å². The van der Waals surface area contributed by atoms with Crippen molar-refractivity contribution in [3.8, 4) is 11.4 Å². The minimum Gasteiger partial charge on any atom is -0.376 e. The summed E-state index contributed by atoms with van der Waals surface area (Å²) in [5.74, 6) is 0.786. The Hall–Kier alpha value is -2.87. The molecule has 7 nitrogen and oxygen atoms in total. The molecule has 2 amide bonds. The third-order valence-electron chi connectivity index (χ3n) is 5.97. The van der Waals surface area contributed by atoms with Crippen LogP contribution >= 0.6 is 23.2 Å². The first kappa shape index (κ1) is 21.9. The molecule has 0 radical (unpaired) electrons. The highest BCUT2D eigenvalue weighted by Gasteiger charge is 2.37. The summed E-state index contributed by atoms with van der Waals surface area (Å²) < 4.78 is 11.5. The molecule has 1 aromatic heterocycles. The third kappa shape index (κ3) is 4.49. The Morgan fingerprint density at radius 3 is 2.45 bits per heavy atom. The van der Waals surface area contributed by atoms with E-state index in [0.717, 1.165) is 41.8 Å². The Morgan fingerprint density at radius 1 is 1.09 bits per heavy atom. The molecule has 3 heterocycles. The van der Waals surface area contributed by atoms with Gasteiger partial charge in [-0.25, -0.2) is 4.79 Å². The number of nitrogens with zero attached hydrogens (tertiary/aromatic N) is 3. The number of amides is 2. The monoisotopic (exact) mass is 484 g/mol. The van der Waals surface area contributed by atoms with Crippen LogP contribution in [0.1, 0.15) is 37.3 Å². The highest BCUT2D eigenvalue weighted by atomic mass is 35.5. The number of nitrogens with one attached hydrogen (secondary N) is 1. The van der Waals surface area contributed by atoms with Gasteiger partial charge in [-0.3, -0.25) is 4.90 Å². The molecule has 9 heteroatoms. The fourth-order valence-electron chi connectivity index (χ4n) is 4.22. The standard InChI is InChI=1S/C24H22Cl2N4O3/c1-14-20(23-28-22(29-33-23)16-6-10-18(26)11-7-16)21(15-4-8-17(25)9-5-15)27-24(31)30(14)13-19-3-2-12-32-19/h4-11,19,21H,2-3,12-13H2,1H3,(H,27,31). The topological polar surface area (TPSA) is 80.5 Å². The third-order valence-corrected chi connectivity index (χ3v) is 6.47. The fourth-order valence-corrected chi connectivity index (χ4v) is 4.48. The Bertz CT molecular complexity index is 1190. The summed E-state index contributed by atoms with van der Waals surface area (Å²) in [5.41, 5.74) is 3.14. The lowest BCUT2D eigenvalue weighted by atomic mass is 9.94. The molecule has 0 spiro atoms. The number of rotatable bonds is 5. The molecule has 0 bridgehead atoms. The van der Waals surface area contributed by atoms with E-state index in [-0.39, 0.29) is 12.1 Å². The minimum absolute atomic E-state index is 0.00588. The summed E-state index contributed by atoms with van der Waals surface area (Å²) in [7, 11) is 0. The van der Waals surface area contributed by atoms with Crippen LogP contribution in [0.15, 0.2) is 58.8 Å². The fraction of sp³-hybridized carbons (Fsp3) is 0.292. The van der Waals surface area contributed by atoms with Crippen LogP contribution in [-0.4, -0.2) is 40.3 Å². The largest absolute Gasteiger partial charge is 0.376 e. The molecule has 0 saturated carbocycles. The summed E-state index contributed by atoms with van der Waals surface area (Å²) in [6.45, 7) is 3.09. The van der Waals surface area contributed by atoms with E-state index in [0.29, 0.717) is 28.3 Å². The Labute approximate surface area is 201 Å². The maximum absolute atomic E-state index is 13.1. The van der Waals surface area contributed by atoms with Crippen molar-refractivity contribution in [3.05, 3.63) is 75.7 Å². The van der Waals surface area contributed by atoms with Crippen molar-refractivity contribution < 1.29 is 14.1 Å². The van der Waals surface area contributed by atoms with Crippen molar-refractivity contribution in [2.24, 2.45) is 0 Å². The molecule has 1 fully saturated rings. The number of halogens is 2. The van der Waals surface area contributed by atoms with Gasteiger partial charge in [0, 0.05) is 27.9 Å². The first-order valence-corrected chi connectivity index (χ1v) is 11.5. The number of aromatic nitrogens is 2. The van der Waals surface area contributed by atoms with Crippen molar-refractivity contribution in [1.82, 2.24) is 20.4 Å². The molecule has 1 N–H and O–H groups in total. The first-order valence-electron chi connectivity index (χ1n) is 10.8. The van der Waals surface area contributed by atoms with E-state index >= 15 is 0 Å². The van der Waals surface area contributed by atoms with Gasteiger partial charge in [-0.15, -0.1) is 0 Å². The predicted molar refractivity (Wildman–Crippen MR) is 126 cm³/mol. The molecule has 5 rings (SSSR count). The van der Waals surface area contributed by atoms with E-state index in [1.807, 2.05) is 31.2 Å². The molecule has 170 valence electrons. The summed E-state index contributed by atoms with van der Waals surface area (Å²) in [5, 5.41) is 8.52. The molecule has 2 atom stereocenters. The van der Waals surface area contributed by atoms with Gasteiger partial charge in [-0.1, -0.05) is 40.5 Å². The zero-order valence-corrected chi connectivity index (χ0v) is 19.4. The quantitative estimate of drug-likeness (QED) is 0.500. The van der Waals surface area contributed by atoms with Gasteiger partial charge in [0.05, 0.1) is 24.3 Å². The average molecular weight is 485 g/mol. The van der Waals surface area contributed by atoms with Crippen molar-refractivity contribution >= 4 is 34.8 Å². The van der Waals surface area contributed by atoms with Gasteiger partial charge in [0.2, 0.25) is 5.82 Å². The number of carbonyl (C=O) groups is 1. The lowest BCUT2D eigenvalue weighted by molar-refractivity contribution is 0.0877. The number of urea groups is 1. The highest BCUT2D eigenvalue weighted by molar-refractivity contribution is 6.30. The maximum Gasteiger partial charge on any atom is 0.322 e. The van der Waals surface area contributed by atoms with E-state index in [1.54, 1.807) is 29.2 Å². The zero-order valence-electron chi connectivity index (χ0n) is 17.9. The van der Waals surface area contributed by atoms with E-state index in [2.05, 4.69) is 15.5 Å². The van der Waals surface area contributed by atoms with Crippen LogP contribution in [0.3, 0.4) is 0 Å². The highest BCUT2D eigenvalue weighted by Crippen LogP contribution is 2.38. The van der Waals surface area contributed by atoms with E-state index in [4.69, 9.17) is 32.5 Å². The van der Waals surface area contributed by atoms with Gasteiger partial charge in [0.1, 0.15) is 0 Å². The summed E-state index contributed by atoms with van der Waals surface area (Å²) in [4.78, 5) is 19.5. The van der Waals surface area contributed by atoms with Gasteiger partial charge in [0.15, 0.2) is 0 Å². The van der Waals surface area contributed by atoms with Crippen molar-refractivity contribution in [2.75, 3.05) is 13.2 Å². The summed E-state index contributed by atoms with van der Waals surface area (Å²) >= 11 is 12.1. The van der Waals surface area contributed by atoms with Crippen molar-refractivity contribution in [3.63, 3.8) is 0 Å². The zero-order chi connectivity index (χ0) is 22.9. The second kappa shape index (κ2) is 9.17. The first-order chi connectivity index (χ1) is 16.0. The van der Waals surface area contributed by atoms with Gasteiger partial charge in [-0.2, -0.15) is 4.98 Å². The van der Waals surface area contributed by atoms with Crippen LogP contribution in [-0.2, 0) is 4.74 Å². The van der Waals surface area contributed by atoms with Crippen LogP contribution in [0.2, 0.25) is 10.0 Å². The van der Waals surface area contributed by atoms with Gasteiger partial charge in [0.25, 0.3) is 5.89 Å². The van der Waals surface area contributed by atoms with Gasteiger partial charge < -0.3 is 14.6 Å². The Kier molecular flexibility index (Phi) is 6.10. The van der Waals surface area contributed by atoms with Gasteiger partial charge >= 0.3 is 6.03 Å². The van der Waals surface area contributed by atoms with E-state index < -0.39 is 6.04 Å². The second-order valence-corrected chi connectivity index (χ2v) is 8.98. The van der Waals surface area contributed by atoms with E-state index in [9.17, 15) is 4.79 Å². The number of allylic oxidation sites excluding steroid dienone is 1. The number of carbonyl (C=O) groups excluding carboxylic acids is 1. The number of hydrogen-bond acceptors (Lipinski definition) is 5. The van der Waals surface area contributed by atoms with Gasteiger partial charge in [-0.05, 0) is 61.7 Å². The smallest absolute Gasteiger partial charge is 0.322 e. The summed E-state index contributed by atoms with van der Waals surface area (Å²) in [6, 6.07) is 13.9. The molecular weight excluding hydrogens is 463 g/mol. The van der Waals surface area contributed by atoms with Crippen LogP contribution in [0, 0.1) is 0 Å². The molecule has 2 aliphatic heterocycles. The van der Waals surface area contributed by atoms with Crippen LogP contribution in [0.4, 0.5) is 4.79 Å². The van der Waals surface area contributed by atoms with Crippen molar-refractivity contribution in [2.45, 2.75) is 31.9 Å². The normalized spacial score (nSPS) is 20.9. The molecular formula is C24H22Cl2N4O3. The SMILES string of the molecule is CC1=C(c2nc(-c3ccc(Cl)cc3)no2)C(c2ccc(Cl)cc2)NC(=O)N1CC1CCCO1. The Morgan fingerprint density at radius 2 is 1.79 bits per heavy atom. The van der Waals surface area contributed by atoms with Crippen LogP contribution in [0.25, 0.3) is 17.0 Å². The van der Waals surface area contributed by atoms with E-state index in [1.165, 1.54) is 0 Å². The average Bonchev–Trinajstić information content (AvgIpc) is 3.50. The molecule has 2 unspecified atom stereocenters. The molecule has 0 aliphatic carbocycles. The predicted octanol–water partition coefficient (Wildman–Crippen LogP) is 5.72. The Balaban J connectivity index is 1.56. The lowest BCUT2D eigenvalue weighted by Gasteiger charge is -2.36. The molecule has 2 aliphatic rings. The maximum atomic E-state index is 13.1. The molecule has 1 saturated heterocycles.